The minimum absolute atomic E-state index is 0.0213. The van der Waals surface area contributed by atoms with Gasteiger partial charge in [-0.05, 0) is 74.2 Å². The highest BCUT2D eigenvalue weighted by Gasteiger charge is 2.35. The lowest BCUT2D eigenvalue weighted by Gasteiger charge is -2.33. The normalized spacial score (nSPS) is 17.9. The number of carbonyl (C=O) groups is 1. The first-order valence-corrected chi connectivity index (χ1v) is 17.1. The van der Waals surface area contributed by atoms with E-state index in [0.29, 0.717) is 30.1 Å². The Kier molecular flexibility index (Phi) is 10.1. The Balaban J connectivity index is 1.56. The summed E-state index contributed by atoms with van der Waals surface area (Å²) in [4.78, 5) is 13.0. The van der Waals surface area contributed by atoms with E-state index in [0.717, 1.165) is 51.4 Å². The molecule has 2 aliphatic rings. The minimum atomic E-state index is -4.06. The smallest absolute Gasteiger partial charge is 0.243 e. The van der Waals surface area contributed by atoms with Crippen LogP contribution < -0.4 is 5.32 Å². The highest BCUT2D eigenvalue weighted by atomic mass is 35.5. The predicted molar refractivity (Wildman–Crippen MR) is 154 cm³/mol. The first-order valence-electron chi connectivity index (χ1n) is 13.8. The number of amides is 1. The van der Waals surface area contributed by atoms with Crippen molar-refractivity contribution in [2.75, 3.05) is 18.4 Å². The fourth-order valence-corrected chi connectivity index (χ4v) is 9.16. The van der Waals surface area contributed by atoms with Crippen LogP contribution in [0.1, 0.15) is 71.1 Å². The summed E-state index contributed by atoms with van der Waals surface area (Å²) in [5.41, 5.74) is 0.526. The van der Waals surface area contributed by atoms with Crippen LogP contribution in [0.4, 0.5) is 5.69 Å². The Morgan fingerprint density at radius 3 is 1.64 bits per heavy atom. The molecular formula is C28H38ClN3O5S2. The predicted octanol–water partition coefficient (Wildman–Crippen LogP) is 5.65. The fourth-order valence-electron chi connectivity index (χ4n) is 5.70. The van der Waals surface area contributed by atoms with Crippen LogP contribution in [-0.4, -0.2) is 56.5 Å². The van der Waals surface area contributed by atoms with E-state index in [2.05, 4.69) is 5.32 Å². The fraction of sp³-hybridized carbons (Fsp3) is 0.536. The van der Waals surface area contributed by atoms with E-state index < -0.39 is 26.0 Å². The molecule has 2 aliphatic carbocycles. The summed E-state index contributed by atoms with van der Waals surface area (Å²) in [7, 11) is -7.82. The van der Waals surface area contributed by atoms with Crippen molar-refractivity contribution in [3.8, 4) is 0 Å². The number of anilines is 1. The molecule has 0 aromatic heterocycles. The van der Waals surface area contributed by atoms with Gasteiger partial charge in [0.1, 0.15) is 0 Å². The SMILES string of the molecule is CCN(C1CCCCC1)S(=O)(=O)c1ccc(S(=O)(=O)N(CC(=O)Nc2ccc(Cl)cc2)C2CCCCC2)cc1. The minimum Gasteiger partial charge on any atom is -0.325 e. The maximum absolute atomic E-state index is 13.8. The molecule has 4 rings (SSSR count). The lowest BCUT2D eigenvalue weighted by atomic mass is 9.95. The van der Waals surface area contributed by atoms with Crippen LogP contribution in [0, 0.1) is 0 Å². The van der Waals surface area contributed by atoms with E-state index in [1.165, 1.54) is 28.6 Å². The van der Waals surface area contributed by atoms with Gasteiger partial charge in [0.2, 0.25) is 26.0 Å². The van der Waals surface area contributed by atoms with Gasteiger partial charge in [-0.2, -0.15) is 8.61 Å². The Bertz CT molecular complexity index is 1320. The molecule has 214 valence electrons. The Labute approximate surface area is 237 Å². The van der Waals surface area contributed by atoms with Crippen molar-refractivity contribution < 1.29 is 21.6 Å². The standard InChI is InChI=1S/C28H38ClN3O5S2/c1-2-31(24-9-5-3-6-10-24)38(34,35)26-17-19-27(20-18-26)39(36,37)32(25-11-7-4-8-12-25)21-28(33)30-23-15-13-22(29)14-16-23/h13-20,24-25H,2-12,21H2,1H3,(H,30,33). The summed E-state index contributed by atoms with van der Waals surface area (Å²) in [6, 6.07) is 11.7. The van der Waals surface area contributed by atoms with Gasteiger partial charge in [0, 0.05) is 29.3 Å². The molecule has 2 aromatic carbocycles. The van der Waals surface area contributed by atoms with Crippen LogP contribution in [0.3, 0.4) is 0 Å². The topological polar surface area (TPSA) is 104 Å². The summed E-state index contributed by atoms with van der Waals surface area (Å²) in [5, 5.41) is 3.29. The molecule has 2 fully saturated rings. The molecule has 1 amide bonds. The van der Waals surface area contributed by atoms with Gasteiger partial charge in [-0.15, -0.1) is 0 Å². The quantitative estimate of drug-likeness (QED) is 0.382. The van der Waals surface area contributed by atoms with Crippen LogP contribution in [0.5, 0.6) is 0 Å². The van der Waals surface area contributed by atoms with E-state index in [-0.39, 0.29) is 28.4 Å². The Morgan fingerprint density at radius 2 is 1.18 bits per heavy atom. The molecule has 0 spiro atoms. The summed E-state index contributed by atoms with van der Waals surface area (Å²) in [6.07, 6.45) is 8.98. The van der Waals surface area contributed by atoms with Gasteiger partial charge in [0.25, 0.3) is 0 Å². The van der Waals surface area contributed by atoms with E-state index in [1.807, 2.05) is 6.92 Å². The van der Waals surface area contributed by atoms with Gasteiger partial charge in [0.15, 0.2) is 0 Å². The van der Waals surface area contributed by atoms with Crippen molar-refractivity contribution in [3.05, 3.63) is 53.6 Å². The summed E-state index contributed by atoms with van der Waals surface area (Å²) in [6.45, 7) is 1.87. The number of nitrogens with one attached hydrogen (secondary N) is 1. The molecular weight excluding hydrogens is 558 g/mol. The average molecular weight is 596 g/mol. The number of hydrogen-bond acceptors (Lipinski definition) is 5. The van der Waals surface area contributed by atoms with Gasteiger partial charge in [0.05, 0.1) is 16.3 Å². The monoisotopic (exact) mass is 595 g/mol. The zero-order valence-electron chi connectivity index (χ0n) is 22.4. The molecule has 0 heterocycles. The molecule has 1 N–H and O–H groups in total. The third kappa shape index (κ3) is 7.21. The van der Waals surface area contributed by atoms with E-state index in [4.69, 9.17) is 11.6 Å². The molecule has 0 radical (unpaired) electrons. The van der Waals surface area contributed by atoms with Gasteiger partial charge < -0.3 is 5.32 Å². The summed E-state index contributed by atoms with van der Waals surface area (Å²) in [5.74, 6) is -0.447. The zero-order chi connectivity index (χ0) is 28.0. The summed E-state index contributed by atoms with van der Waals surface area (Å²) < 4.78 is 57.4. The first-order chi connectivity index (χ1) is 18.6. The van der Waals surface area contributed by atoms with Crippen LogP contribution >= 0.6 is 11.6 Å². The highest BCUT2D eigenvalue weighted by Crippen LogP contribution is 2.31. The van der Waals surface area contributed by atoms with Crippen LogP contribution in [-0.2, 0) is 24.8 Å². The van der Waals surface area contributed by atoms with Crippen molar-refractivity contribution in [2.45, 2.75) is 93.0 Å². The molecule has 39 heavy (non-hydrogen) atoms. The molecule has 0 saturated heterocycles. The highest BCUT2D eigenvalue weighted by molar-refractivity contribution is 7.89. The number of carbonyl (C=O) groups excluding carboxylic acids is 1. The molecule has 0 bridgehead atoms. The zero-order valence-corrected chi connectivity index (χ0v) is 24.8. The average Bonchev–Trinajstić information content (AvgIpc) is 2.94. The van der Waals surface area contributed by atoms with Gasteiger partial charge in [-0.3, -0.25) is 4.79 Å². The second-order valence-corrected chi connectivity index (χ2v) is 14.6. The molecule has 2 aromatic rings. The van der Waals surface area contributed by atoms with Crippen molar-refractivity contribution in [1.29, 1.82) is 0 Å². The lowest BCUT2D eigenvalue weighted by molar-refractivity contribution is -0.116. The third-order valence-corrected chi connectivity index (χ3v) is 11.9. The van der Waals surface area contributed by atoms with Crippen LogP contribution in [0.25, 0.3) is 0 Å². The van der Waals surface area contributed by atoms with Crippen molar-refractivity contribution in [2.24, 2.45) is 0 Å². The molecule has 0 atom stereocenters. The summed E-state index contributed by atoms with van der Waals surface area (Å²) >= 11 is 5.93. The number of rotatable bonds is 10. The number of sulfonamides is 2. The van der Waals surface area contributed by atoms with Crippen molar-refractivity contribution >= 4 is 43.2 Å². The van der Waals surface area contributed by atoms with E-state index in [9.17, 15) is 21.6 Å². The maximum atomic E-state index is 13.8. The molecule has 8 nitrogen and oxygen atoms in total. The van der Waals surface area contributed by atoms with Crippen molar-refractivity contribution in [3.63, 3.8) is 0 Å². The molecule has 2 saturated carbocycles. The second kappa shape index (κ2) is 13.1. The first kappa shape index (κ1) is 30.0. The Morgan fingerprint density at radius 1 is 0.744 bits per heavy atom. The van der Waals surface area contributed by atoms with Gasteiger partial charge in [-0.25, -0.2) is 16.8 Å². The lowest BCUT2D eigenvalue weighted by Crippen LogP contribution is -2.45. The Hall–Kier alpha value is -1.98. The van der Waals surface area contributed by atoms with Crippen molar-refractivity contribution in [1.82, 2.24) is 8.61 Å². The molecule has 0 unspecified atom stereocenters. The van der Waals surface area contributed by atoms with E-state index >= 15 is 0 Å². The number of hydrogen-bond donors (Lipinski definition) is 1. The molecule has 11 heteroatoms. The van der Waals surface area contributed by atoms with Crippen LogP contribution in [0.15, 0.2) is 58.3 Å². The van der Waals surface area contributed by atoms with Gasteiger partial charge in [-0.1, -0.05) is 57.0 Å². The maximum Gasteiger partial charge on any atom is 0.243 e. The number of halogens is 1. The number of benzene rings is 2. The van der Waals surface area contributed by atoms with Crippen LogP contribution in [0.2, 0.25) is 5.02 Å². The van der Waals surface area contributed by atoms with Gasteiger partial charge >= 0.3 is 0 Å². The largest absolute Gasteiger partial charge is 0.325 e. The molecule has 0 aliphatic heterocycles. The van der Waals surface area contributed by atoms with E-state index in [1.54, 1.807) is 28.6 Å². The second-order valence-electron chi connectivity index (χ2n) is 10.4. The third-order valence-electron chi connectivity index (χ3n) is 7.74. The number of nitrogens with zero attached hydrogens (tertiary/aromatic N) is 2.